The summed E-state index contributed by atoms with van der Waals surface area (Å²) in [5, 5.41) is 7.86. The minimum Gasteiger partial charge on any atom is -0.496 e. The van der Waals surface area contributed by atoms with E-state index in [0.717, 1.165) is 30.0 Å². The van der Waals surface area contributed by atoms with Crippen LogP contribution < -0.4 is 10.5 Å². The molecule has 0 spiro atoms. The monoisotopic (exact) mass is 232 g/mol. The van der Waals surface area contributed by atoms with Crippen LogP contribution in [0.2, 0.25) is 0 Å². The van der Waals surface area contributed by atoms with Crippen LogP contribution in [0.4, 0.5) is 5.95 Å². The Bertz CT molecular complexity index is 507. The Hall–Kier alpha value is -2.04. The van der Waals surface area contributed by atoms with E-state index >= 15 is 0 Å². The van der Waals surface area contributed by atoms with E-state index in [1.54, 1.807) is 11.7 Å². The molecule has 0 atom stereocenters. The smallest absolute Gasteiger partial charge is 0.221 e. The Balaban J connectivity index is 2.10. The van der Waals surface area contributed by atoms with Gasteiger partial charge in [0, 0.05) is 13.5 Å². The summed E-state index contributed by atoms with van der Waals surface area (Å²) in [4.78, 5) is 0. The summed E-state index contributed by atoms with van der Waals surface area (Å²) in [5.41, 5.74) is 6.79. The third kappa shape index (κ3) is 2.38. The number of para-hydroxylation sites is 1. The van der Waals surface area contributed by atoms with Crippen molar-refractivity contribution in [3.63, 3.8) is 0 Å². The van der Waals surface area contributed by atoms with Crippen LogP contribution in [0.5, 0.6) is 5.75 Å². The van der Waals surface area contributed by atoms with Crippen LogP contribution in [-0.4, -0.2) is 21.9 Å². The van der Waals surface area contributed by atoms with Crippen LogP contribution in [0.3, 0.4) is 0 Å². The number of nitrogens with zero attached hydrogens (tertiary/aromatic N) is 3. The van der Waals surface area contributed by atoms with Gasteiger partial charge in [0.15, 0.2) is 0 Å². The maximum atomic E-state index is 5.63. The molecule has 17 heavy (non-hydrogen) atoms. The number of aryl methyl sites for hydroxylation is 2. The van der Waals surface area contributed by atoms with Crippen molar-refractivity contribution < 1.29 is 4.74 Å². The first-order valence-corrected chi connectivity index (χ1v) is 5.48. The Morgan fingerprint density at radius 1 is 1.24 bits per heavy atom. The van der Waals surface area contributed by atoms with Gasteiger partial charge in [0.25, 0.3) is 0 Å². The van der Waals surface area contributed by atoms with Crippen molar-refractivity contribution in [1.82, 2.24) is 14.8 Å². The molecule has 5 nitrogen and oxygen atoms in total. The number of nitrogen functional groups attached to an aromatic ring is 1. The lowest BCUT2D eigenvalue weighted by atomic mass is 10.1. The molecule has 0 saturated carbocycles. The molecule has 2 aromatic rings. The highest BCUT2D eigenvalue weighted by Crippen LogP contribution is 2.19. The number of methoxy groups -OCH3 is 1. The molecule has 2 rings (SSSR count). The number of hydrogen-bond acceptors (Lipinski definition) is 4. The van der Waals surface area contributed by atoms with Crippen molar-refractivity contribution >= 4 is 5.95 Å². The molecule has 0 aliphatic carbocycles. The van der Waals surface area contributed by atoms with Crippen molar-refractivity contribution in [3.8, 4) is 5.75 Å². The molecule has 0 bridgehead atoms. The molecule has 2 N–H and O–H groups in total. The average Bonchev–Trinajstić information content (AvgIpc) is 2.68. The zero-order valence-electron chi connectivity index (χ0n) is 10.1. The highest BCUT2D eigenvalue weighted by molar-refractivity contribution is 5.33. The number of aromatic nitrogens is 3. The van der Waals surface area contributed by atoms with Gasteiger partial charge in [-0.3, -0.25) is 0 Å². The summed E-state index contributed by atoms with van der Waals surface area (Å²) in [6.45, 7) is 0. The quantitative estimate of drug-likeness (QED) is 0.860. The second-order valence-electron chi connectivity index (χ2n) is 3.85. The molecule has 0 radical (unpaired) electrons. The van der Waals surface area contributed by atoms with Crippen molar-refractivity contribution in [2.24, 2.45) is 7.05 Å². The van der Waals surface area contributed by atoms with Gasteiger partial charge in [0.05, 0.1) is 7.11 Å². The average molecular weight is 232 g/mol. The molecular weight excluding hydrogens is 216 g/mol. The van der Waals surface area contributed by atoms with E-state index in [1.165, 1.54) is 0 Å². The standard InChI is InChI=1S/C12H16N4O/c1-16-11(14-15-12(16)13)8-7-9-5-3-4-6-10(9)17-2/h3-6H,7-8H2,1-2H3,(H2,13,15). The van der Waals surface area contributed by atoms with Gasteiger partial charge in [-0.1, -0.05) is 18.2 Å². The predicted octanol–water partition coefficient (Wildman–Crippen LogP) is 1.19. The molecule has 0 amide bonds. The molecule has 1 heterocycles. The van der Waals surface area contributed by atoms with E-state index in [1.807, 2.05) is 25.2 Å². The largest absolute Gasteiger partial charge is 0.496 e. The first kappa shape index (κ1) is 11.4. The number of hydrogen-bond donors (Lipinski definition) is 1. The molecule has 5 heteroatoms. The van der Waals surface area contributed by atoms with Crippen molar-refractivity contribution in [3.05, 3.63) is 35.7 Å². The Morgan fingerprint density at radius 2 is 2.00 bits per heavy atom. The van der Waals surface area contributed by atoms with Crippen LogP contribution in [0.25, 0.3) is 0 Å². The Kier molecular flexibility index (Phi) is 3.27. The highest BCUT2D eigenvalue weighted by atomic mass is 16.5. The second-order valence-corrected chi connectivity index (χ2v) is 3.85. The third-order valence-electron chi connectivity index (χ3n) is 2.81. The lowest BCUT2D eigenvalue weighted by Gasteiger charge is -2.07. The first-order chi connectivity index (χ1) is 8.22. The molecule has 0 fully saturated rings. The van der Waals surface area contributed by atoms with Gasteiger partial charge in [0.1, 0.15) is 11.6 Å². The fraction of sp³-hybridized carbons (Fsp3) is 0.333. The zero-order valence-corrected chi connectivity index (χ0v) is 10.1. The van der Waals surface area contributed by atoms with Crippen LogP contribution in [0.1, 0.15) is 11.4 Å². The normalized spacial score (nSPS) is 10.5. The third-order valence-corrected chi connectivity index (χ3v) is 2.81. The van der Waals surface area contributed by atoms with Crippen molar-refractivity contribution in [2.45, 2.75) is 12.8 Å². The fourth-order valence-corrected chi connectivity index (χ4v) is 1.75. The molecule has 0 unspecified atom stereocenters. The summed E-state index contributed by atoms with van der Waals surface area (Å²) in [7, 11) is 3.55. The van der Waals surface area contributed by atoms with Crippen LogP contribution in [0, 0.1) is 0 Å². The summed E-state index contributed by atoms with van der Waals surface area (Å²) < 4.78 is 7.10. The predicted molar refractivity (Wildman–Crippen MR) is 65.8 cm³/mol. The number of anilines is 1. The van der Waals surface area contributed by atoms with Gasteiger partial charge < -0.3 is 15.0 Å². The van der Waals surface area contributed by atoms with Crippen LogP contribution in [0.15, 0.2) is 24.3 Å². The first-order valence-electron chi connectivity index (χ1n) is 5.48. The molecule has 1 aromatic heterocycles. The van der Waals surface area contributed by atoms with E-state index in [4.69, 9.17) is 10.5 Å². The van der Waals surface area contributed by atoms with E-state index in [-0.39, 0.29) is 0 Å². The Morgan fingerprint density at radius 3 is 2.65 bits per heavy atom. The van der Waals surface area contributed by atoms with Gasteiger partial charge in [-0.15, -0.1) is 10.2 Å². The number of rotatable bonds is 4. The van der Waals surface area contributed by atoms with Gasteiger partial charge >= 0.3 is 0 Å². The number of benzene rings is 1. The molecule has 0 aliphatic rings. The minimum absolute atomic E-state index is 0.444. The second kappa shape index (κ2) is 4.86. The highest BCUT2D eigenvalue weighted by Gasteiger charge is 2.07. The SMILES string of the molecule is COc1ccccc1CCc1nnc(N)n1C. The number of ether oxygens (including phenoxy) is 1. The van der Waals surface area contributed by atoms with Gasteiger partial charge in [-0.05, 0) is 18.1 Å². The zero-order chi connectivity index (χ0) is 12.3. The van der Waals surface area contributed by atoms with Crippen molar-refractivity contribution in [1.29, 1.82) is 0 Å². The lowest BCUT2D eigenvalue weighted by Crippen LogP contribution is -2.04. The summed E-state index contributed by atoms with van der Waals surface area (Å²) >= 11 is 0. The minimum atomic E-state index is 0.444. The molecule has 90 valence electrons. The summed E-state index contributed by atoms with van der Waals surface area (Å²) in [5.74, 6) is 2.23. The van der Waals surface area contributed by atoms with Gasteiger partial charge in [0.2, 0.25) is 5.95 Å². The molecule has 0 saturated heterocycles. The summed E-state index contributed by atoms with van der Waals surface area (Å²) in [6.07, 6.45) is 1.65. The van der Waals surface area contributed by atoms with E-state index in [2.05, 4.69) is 16.3 Å². The van der Waals surface area contributed by atoms with E-state index < -0.39 is 0 Å². The topological polar surface area (TPSA) is 66.0 Å². The van der Waals surface area contributed by atoms with Gasteiger partial charge in [-0.25, -0.2) is 0 Å². The maximum absolute atomic E-state index is 5.63. The molecule has 0 aliphatic heterocycles. The maximum Gasteiger partial charge on any atom is 0.221 e. The van der Waals surface area contributed by atoms with E-state index in [9.17, 15) is 0 Å². The summed E-state index contributed by atoms with van der Waals surface area (Å²) in [6, 6.07) is 7.98. The molecular formula is C12H16N4O. The lowest BCUT2D eigenvalue weighted by molar-refractivity contribution is 0.409. The fourth-order valence-electron chi connectivity index (χ4n) is 1.75. The molecule has 1 aromatic carbocycles. The Labute approximate surface area is 100 Å². The van der Waals surface area contributed by atoms with Crippen molar-refractivity contribution in [2.75, 3.05) is 12.8 Å². The van der Waals surface area contributed by atoms with E-state index in [0.29, 0.717) is 5.95 Å². The van der Waals surface area contributed by atoms with Crippen LogP contribution >= 0.6 is 0 Å². The van der Waals surface area contributed by atoms with Crippen LogP contribution in [-0.2, 0) is 19.9 Å². The number of nitrogens with two attached hydrogens (primary N) is 1. The van der Waals surface area contributed by atoms with Gasteiger partial charge in [-0.2, -0.15) is 0 Å².